The zero-order valence-corrected chi connectivity index (χ0v) is 14.9. The van der Waals surface area contributed by atoms with Crippen LogP contribution in [0, 0.1) is 5.82 Å². The number of aromatic nitrogens is 1. The molecule has 2 aromatic rings. The Hall–Kier alpha value is -2.86. The van der Waals surface area contributed by atoms with Crippen LogP contribution in [0.2, 0.25) is 0 Å². The van der Waals surface area contributed by atoms with Crippen LogP contribution in [0.25, 0.3) is 21.3 Å². The molecule has 1 aromatic carbocycles. The highest BCUT2D eigenvalue weighted by Gasteiger charge is 2.33. The lowest BCUT2D eigenvalue weighted by Crippen LogP contribution is -2.26. The van der Waals surface area contributed by atoms with Gasteiger partial charge in [-0.3, -0.25) is 4.79 Å². The first-order valence-corrected chi connectivity index (χ1v) is 9.13. The molecular formula is C19H19FN4O3. The van der Waals surface area contributed by atoms with Gasteiger partial charge in [0, 0.05) is 28.6 Å². The zero-order valence-electron chi connectivity index (χ0n) is 14.9. The van der Waals surface area contributed by atoms with E-state index in [4.69, 9.17) is 10.3 Å². The van der Waals surface area contributed by atoms with Gasteiger partial charge < -0.3 is 9.30 Å². The van der Waals surface area contributed by atoms with E-state index in [0.29, 0.717) is 23.9 Å². The third-order valence-electron chi connectivity index (χ3n) is 5.35. The van der Waals surface area contributed by atoms with Crippen molar-refractivity contribution >= 4 is 16.9 Å². The number of rotatable bonds is 5. The molecule has 8 heteroatoms. The van der Waals surface area contributed by atoms with Gasteiger partial charge in [0.25, 0.3) is 0 Å². The molecule has 0 spiro atoms. The predicted octanol–water partition coefficient (Wildman–Crippen LogP) is 4.21. The molecule has 0 amide bonds. The SMILES string of the molecule is CCOC(=O)c1cn(C2CC2)c2cc(C3CC(N=[N+]=[N-])C3)c(F)cc2c1=O. The molecule has 0 radical (unpaired) electrons. The predicted molar refractivity (Wildman–Crippen MR) is 97.3 cm³/mol. The fraction of sp³-hybridized carbons (Fsp3) is 0.474. The largest absolute Gasteiger partial charge is 0.462 e. The fourth-order valence-corrected chi connectivity index (χ4v) is 3.72. The van der Waals surface area contributed by atoms with Crippen molar-refractivity contribution in [2.24, 2.45) is 5.11 Å². The zero-order chi connectivity index (χ0) is 19.1. The monoisotopic (exact) mass is 370 g/mol. The van der Waals surface area contributed by atoms with Gasteiger partial charge in [-0.2, -0.15) is 0 Å². The summed E-state index contributed by atoms with van der Waals surface area (Å²) in [4.78, 5) is 27.7. The molecule has 1 heterocycles. The lowest BCUT2D eigenvalue weighted by atomic mass is 9.76. The van der Waals surface area contributed by atoms with Crippen molar-refractivity contribution in [1.29, 1.82) is 0 Å². The Labute approximate surface area is 154 Å². The van der Waals surface area contributed by atoms with E-state index >= 15 is 0 Å². The number of hydrogen-bond acceptors (Lipinski definition) is 4. The molecule has 2 fully saturated rings. The molecule has 0 saturated heterocycles. The molecule has 7 nitrogen and oxygen atoms in total. The minimum absolute atomic E-state index is 0.0302. The van der Waals surface area contributed by atoms with Crippen molar-refractivity contribution in [1.82, 2.24) is 4.57 Å². The summed E-state index contributed by atoms with van der Waals surface area (Å²) in [6.45, 7) is 1.84. The number of benzene rings is 1. The summed E-state index contributed by atoms with van der Waals surface area (Å²) < 4.78 is 21.6. The van der Waals surface area contributed by atoms with Gasteiger partial charge in [0.05, 0.1) is 12.1 Å². The van der Waals surface area contributed by atoms with E-state index in [9.17, 15) is 14.0 Å². The summed E-state index contributed by atoms with van der Waals surface area (Å²) in [7, 11) is 0. The number of nitrogens with zero attached hydrogens (tertiary/aromatic N) is 4. The summed E-state index contributed by atoms with van der Waals surface area (Å²) in [5.41, 5.74) is 9.11. The van der Waals surface area contributed by atoms with E-state index in [-0.39, 0.29) is 35.6 Å². The molecule has 0 unspecified atom stereocenters. The molecule has 2 aliphatic rings. The summed E-state index contributed by atoms with van der Waals surface area (Å²) >= 11 is 0. The molecule has 1 aromatic heterocycles. The molecule has 0 bridgehead atoms. The van der Waals surface area contributed by atoms with Gasteiger partial charge in [-0.05, 0) is 61.8 Å². The van der Waals surface area contributed by atoms with Gasteiger partial charge >= 0.3 is 5.97 Å². The van der Waals surface area contributed by atoms with Crippen molar-refractivity contribution in [3.05, 3.63) is 55.9 Å². The van der Waals surface area contributed by atoms with Gasteiger partial charge in [-0.1, -0.05) is 5.11 Å². The molecule has 0 atom stereocenters. The summed E-state index contributed by atoms with van der Waals surface area (Å²) in [5, 5.41) is 3.86. The first kappa shape index (κ1) is 17.5. The molecule has 4 rings (SSSR count). The van der Waals surface area contributed by atoms with E-state index in [1.54, 1.807) is 19.2 Å². The second-order valence-electron chi connectivity index (χ2n) is 7.15. The van der Waals surface area contributed by atoms with E-state index in [0.717, 1.165) is 12.8 Å². The Morgan fingerprint density at radius 2 is 2.15 bits per heavy atom. The number of hydrogen-bond donors (Lipinski definition) is 0. The molecule has 0 aliphatic heterocycles. The van der Waals surface area contributed by atoms with Crippen LogP contribution in [0.5, 0.6) is 0 Å². The van der Waals surface area contributed by atoms with Crippen LogP contribution in [-0.2, 0) is 4.74 Å². The fourth-order valence-electron chi connectivity index (χ4n) is 3.72. The van der Waals surface area contributed by atoms with Crippen molar-refractivity contribution in [3.63, 3.8) is 0 Å². The second kappa shape index (κ2) is 6.70. The highest BCUT2D eigenvalue weighted by Crippen LogP contribution is 2.42. The summed E-state index contributed by atoms with van der Waals surface area (Å²) in [6.07, 6.45) is 4.65. The van der Waals surface area contributed by atoms with Crippen LogP contribution >= 0.6 is 0 Å². The number of pyridine rings is 1. The van der Waals surface area contributed by atoms with Crippen molar-refractivity contribution in [2.45, 2.75) is 50.6 Å². The number of esters is 1. The first-order chi connectivity index (χ1) is 13.0. The molecular weight excluding hydrogens is 351 g/mol. The van der Waals surface area contributed by atoms with Gasteiger partial charge in [0.1, 0.15) is 11.4 Å². The number of azide groups is 1. The van der Waals surface area contributed by atoms with Gasteiger partial charge in [-0.15, -0.1) is 0 Å². The Morgan fingerprint density at radius 3 is 2.78 bits per heavy atom. The van der Waals surface area contributed by atoms with Gasteiger partial charge in [0.15, 0.2) is 0 Å². The smallest absolute Gasteiger partial charge is 0.343 e. The van der Waals surface area contributed by atoms with Crippen LogP contribution in [0.3, 0.4) is 0 Å². The van der Waals surface area contributed by atoms with Crippen LogP contribution in [-0.4, -0.2) is 23.2 Å². The average molecular weight is 370 g/mol. The first-order valence-electron chi connectivity index (χ1n) is 9.13. The van der Waals surface area contributed by atoms with Crippen LogP contribution < -0.4 is 5.43 Å². The lowest BCUT2D eigenvalue weighted by molar-refractivity contribution is 0.0524. The third-order valence-corrected chi connectivity index (χ3v) is 5.35. The maximum atomic E-state index is 14.7. The van der Waals surface area contributed by atoms with Crippen molar-refractivity contribution in [2.75, 3.05) is 6.61 Å². The lowest BCUT2D eigenvalue weighted by Gasteiger charge is -2.32. The standard InChI is InChI=1S/C19H19FN4O3/c1-2-27-19(26)15-9-24(12-3-4-12)17-8-13(10-5-11(6-10)22-23-21)16(20)7-14(17)18(15)25/h7-12H,2-6H2,1H3. The minimum atomic E-state index is -0.681. The number of carbonyl (C=O) groups excluding carboxylic acids is 1. The Kier molecular flexibility index (Phi) is 4.36. The Balaban J connectivity index is 1.82. The number of ether oxygens (including phenoxy) is 1. The topological polar surface area (TPSA) is 97.1 Å². The van der Waals surface area contributed by atoms with Gasteiger partial charge in [0.2, 0.25) is 5.43 Å². The summed E-state index contributed by atoms with van der Waals surface area (Å²) in [5.74, 6) is -1.18. The molecule has 2 saturated carbocycles. The van der Waals surface area contributed by atoms with Gasteiger partial charge in [-0.25, -0.2) is 9.18 Å². The second-order valence-corrected chi connectivity index (χ2v) is 7.15. The van der Waals surface area contributed by atoms with E-state index < -0.39 is 17.2 Å². The quantitative estimate of drug-likeness (QED) is 0.341. The molecule has 140 valence electrons. The minimum Gasteiger partial charge on any atom is -0.462 e. The van der Waals surface area contributed by atoms with E-state index in [1.807, 2.05) is 4.57 Å². The van der Waals surface area contributed by atoms with Crippen LogP contribution in [0.4, 0.5) is 4.39 Å². The Bertz CT molecular complexity index is 1030. The maximum Gasteiger partial charge on any atom is 0.343 e. The van der Waals surface area contributed by atoms with Crippen molar-refractivity contribution in [3.8, 4) is 0 Å². The van der Waals surface area contributed by atoms with E-state index in [2.05, 4.69) is 10.0 Å². The van der Waals surface area contributed by atoms with Crippen LogP contribution in [0.1, 0.15) is 60.5 Å². The normalized spacial score (nSPS) is 21.4. The number of halogens is 1. The Morgan fingerprint density at radius 1 is 1.41 bits per heavy atom. The maximum absolute atomic E-state index is 14.7. The highest BCUT2D eigenvalue weighted by atomic mass is 19.1. The average Bonchev–Trinajstić information content (AvgIpc) is 3.43. The summed E-state index contributed by atoms with van der Waals surface area (Å²) in [6, 6.07) is 3.05. The molecule has 2 aliphatic carbocycles. The third kappa shape index (κ3) is 3.06. The van der Waals surface area contributed by atoms with E-state index in [1.165, 1.54) is 6.07 Å². The van der Waals surface area contributed by atoms with Crippen molar-refractivity contribution < 1.29 is 13.9 Å². The van der Waals surface area contributed by atoms with Crippen LogP contribution in [0.15, 0.2) is 28.2 Å². The molecule has 0 N–H and O–H groups in total. The highest BCUT2D eigenvalue weighted by molar-refractivity contribution is 5.94. The molecule has 27 heavy (non-hydrogen) atoms. The number of carbonyl (C=O) groups is 1. The number of fused-ring (bicyclic) bond motifs is 1.